The highest BCUT2D eigenvalue weighted by atomic mass is 16.8. The Hall–Kier alpha value is -2.49. The molecule has 2 bridgehead atoms. The molecule has 4 aliphatic heterocycles. The minimum absolute atomic E-state index is 0.0191. The van der Waals surface area contributed by atoms with E-state index in [9.17, 15) is 65.4 Å². The van der Waals surface area contributed by atoms with Gasteiger partial charge in [0.1, 0.15) is 67.1 Å². The quantitative estimate of drug-likeness (QED) is 0.0635. The van der Waals surface area contributed by atoms with E-state index in [2.05, 4.69) is 40.7 Å². The number of esters is 2. The Morgan fingerprint density at radius 1 is 0.763 bits per heavy atom. The fourth-order valence-electron chi connectivity index (χ4n) is 16.6. The van der Waals surface area contributed by atoms with E-state index in [1.165, 1.54) is 12.5 Å². The largest absolute Gasteiger partial charge is 0.479 e. The van der Waals surface area contributed by atoms with Gasteiger partial charge in [0, 0.05) is 24.2 Å². The number of carboxylic acids is 1. The summed E-state index contributed by atoms with van der Waals surface area (Å²) in [6.45, 7) is 16.8. The van der Waals surface area contributed by atoms with Crippen molar-refractivity contribution >= 4 is 17.9 Å². The summed E-state index contributed by atoms with van der Waals surface area (Å²) in [5.41, 5.74) is -0.600. The maximum Gasteiger partial charge on any atom is 0.335 e. The van der Waals surface area contributed by atoms with Crippen molar-refractivity contribution in [1.29, 1.82) is 0 Å². The Balaban J connectivity index is 0.970. The van der Waals surface area contributed by atoms with E-state index in [-0.39, 0.29) is 76.7 Å². The van der Waals surface area contributed by atoms with Gasteiger partial charge in [-0.15, -0.1) is 0 Å². The molecule has 9 aliphatic rings. The maximum absolute atomic E-state index is 13.4. The molecule has 9 rings (SSSR count). The molecule has 76 heavy (non-hydrogen) atoms. The second-order valence-corrected chi connectivity index (χ2v) is 25.6. The van der Waals surface area contributed by atoms with Gasteiger partial charge in [0.05, 0.1) is 50.7 Å². The normalized spacial score (nSPS) is 51.2. The lowest BCUT2D eigenvalue weighted by atomic mass is 9.34. The molecule has 22 heteroatoms. The van der Waals surface area contributed by atoms with Gasteiger partial charge in [0.15, 0.2) is 25.0 Å². The van der Waals surface area contributed by atoms with Crippen LogP contribution in [0.2, 0.25) is 0 Å². The number of hydrogen-bond donors (Lipinski definition) is 10. The van der Waals surface area contributed by atoms with E-state index in [1.54, 1.807) is 13.8 Å². The van der Waals surface area contributed by atoms with Crippen molar-refractivity contribution in [3.8, 4) is 0 Å². The number of carbonyl (C=O) groups is 3. The summed E-state index contributed by atoms with van der Waals surface area (Å²) in [4.78, 5) is 38.1. The molecular weight excluding hydrogens is 1000 g/mol. The zero-order valence-corrected chi connectivity index (χ0v) is 45.1. The molecule has 6 unspecified atom stereocenters. The van der Waals surface area contributed by atoms with Crippen LogP contribution in [-0.2, 0) is 57.0 Å². The number of hydrogen-bond acceptors (Lipinski definition) is 21. The lowest BCUT2D eigenvalue weighted by Crippen LogP contribution is -2.68. The molecule has 4 heterocycles. The van der Waals surface area contributed by atoms with E-state index in [1.807, 2.05) is 6.92 Å². The third kappa shape index (κ3) is 9.40. The number of aliphatic carboxylic acids is 1. The first-order chi connectivity index (χ1) is 35.6. The number of aliphatic hydroxyl groups is 9. The third-order valence-corrected chi connectivity index (χ3v) is 21.0. The average Bonchev–Trinajstić information content (AvgIpc) is 3.72. The Morgan fingerprint density at radius 3 is 2.11 bits per heavy atom. The Bertz CT molecular complexity index is 2180. The molecule has 0 spiro atoms. The van der Waals surface area contributed by atoms with Crippen LogP contribution in [0.25, 0.3) is 0 Å². The fraction of sp³-hybridized carbons (Fsp3) is 0.907. The number of aliphatic hydroxyl groups excluding tert-OH is 9. The molecule has 10 N–H and O–H groups in total. The van der Waals surface area contributed by atoms with Gasteiger partial charge >= 0.3 is 17.9 Å². The summed E-state index contributed by atoms with van der Waals surface area (Å²) in [6.07, 6.45) is -19.7. The van der Waals surface area contributed by atoms with Gasteiger partial charge in [-0.25, -0.2) is 4.79 Å². The monoisotopic (exact) mass is 1080 g/mol. The summed E-state index contributed by atoms with van der Waals surface area (Å²) in [6, 6.07) is 0. The first kappa shape index (κ1) is 58.2. The van der Waals surface area contributed by atoms with Crippen LogP contribution in [0.3, 0.4) is 0 Å². The number of allylic oxidation sites excluding steroid dienone is 2. The van der Waals surface area contributed by atoms with Crippen LogP contribution in [0.1, 0.15) is 107 Å². The van der Waals surface area contributed by atoms with Crippen molar-refractivity contribution in [2.45, 2.75) is 218 Å². The Labute approximate surface area is 443 Å². The van der Waals surface area contributed by atoms with Crippen molar-refractivity contribution in [3.05, 3.63) is 11.6 Å². The van der Waals surface area contributed by atoms with Gasteiger partial charge < -0.3 is 93.7 Å². The summed E-state index contributed by atoms with van der Waals surface area (Å²) in [5.74, 6) is -2.84. The van der Waals surface area contributed by atoms with Crippen LogP contribution in [0.15, 0.2) is 11.6 Å². The van der Waals surface area contributed by atoms with E-state index in [4.69, 9.17) is 42.6 Å². The van der Waals surface area contributed by atoms with E-state index < -0.39 is 141 Å². The molecule has 0 aromatic rings. The van der Waals surface area contributed by atoms with Crippen LogP contribution in [0, 0.1) is 62.6 Å². The molecular formula is C54H84O22. The topological polar surface area (TPSA) is 337 Å². The SMILES string of the molecule is CC(=O)OC(C)C(C)C(=O)OC[C@H]1C2C3C[C@]4(C)C(=CCC5[C@@]6(C)CC[C@H](O[C@@H]7O[C@H](C(=O)O)[C@@H](O[C@@H]8O[C@H](CO)[C@@H](O)[C@H](O)[C@H]8O)[C@H](O)[C@H]7O[C@@H]7OC[C@@H](O)[C@H](O)[C@H]7O)[C@](C)(CO)C6CC[C@]54C)[C@@H]2CC(C)(C)[C@@H]1O3. The van der Waals surface area contributed by atoms with Gasteiger partial charge in [-0.2, -0.15) is 0 Å². The van der Waals surface area contributed by atoms with Crippen molar-refractivity contribution in [1.82, 2.24) is 0 Å². The van der Waals surface area contributed by atoms with Crippen LogP contribution in [-0.4, -0.2) is 206 Å². The van der Waals surface area contributed by atoms with Gasteiger partial charge in [-0.05, 0) is 98.2 Å². The molecule has 0 amide bonds. The zero-order valence-electron chi connectivity index (χ0n) is 45.1. The molecule has 0 aromatic heterocycles. The van der Waals surface area contributed by atoms with Crippen molar-refractivity contribution < 1.29 is 108 Å². The molecule has 28 atom stereocenters. The summed E-state index contributed by atoms with van der Waals surface area (Å²) >= 11 is 0. The number of rotatable bonds is 14. The fourth-order valence-corrected chi connectivity index (χ4v) is 16.6. The smallest absolute Gasteiger partial charge is 0.335 e. The molecule has 4 saturated heterocycles. The second kappa shape index (κ2) is 21.1. The van der Waals surface area contributed by atoms with E-state index in [0.717, 1.165) is 25.7 Å². The van der Waals surface area contributed by atoms with E-state index >= 15 is 0 Å². The maximum atomic E-state index is 13.4. The van der Waals surface area contributed by atoms with Gasteiger partial charge in [-0.3, -0.25) is 9.59 Å². The van der Waals surface area contributed by atoms with Crippen LogP contribution in [0.4, 0.5) is 0 Å². The Kier molecular flexibility index (Phi) is 16.2. The summed E-state index contributed by atoms with van der Waals surface area (Å²) in [5, 5.41) is 108. The van der Waals surface area contributed by atoms with Crippen molar-refractivity contribution in [2.24, 2.45) is 62.6 Å². The summed E-state index contributed by atoms with van der Waals surface area (Å²) < 4.78 is 54.4. The van der Waals surface area contributed by atoms with Crippen LogP contribution >= 0.6 is 0 Å². The standard InChI is InChI=1S/C54H84O22/c1-22(23(2)70-24(3)57)46(67)68-19-26-34-25-16-50(4,5)44(26)71-29(34)17-54(9)27(25)10-11-32-51(6)14-13-33(52(7,21-56)31(51)12-15-53(32,54)8)73-49-42(75-47-38(62)35(59)28(58)20-69-47)40(64)41(43(76-49)45(65)66)74-48-39(63)37(61)36(60)30(18-55)72-48/h10,22-23,25-26,28-44,47-49,55-56,58-64H,11-21H2,1-9H3,(H,65,66)/t22?,23?,25-,26-,28+,29?,30+,31?,32?,33-,34?,35-,36+,37-,38+,39+,40-,41-,42+,43-,44+,47-,48-,49+,51-,52+,53+,54+/m0/s1. The number of carboxylic acid groups (broad SMARTS) is 1. The molecule has 4 saturated carbocycles. The minimum atomic E-state index is -2.07. The highest BCUT2D eigenvalue weighted by Crippen LogP contribution is 2.76. The van der Waals surface area contributed by atoms with Gasteiger partial charge in [0.25, 0.3) is 0 Å². The minimum Gasteiger partial charge on any atom is -0.479 e. The second-order valence-electron chi connectivity index (χ2n) is 25.6. The first-order valence-electron chi connectivity index (χ1n) is 27.4. The van der Waals surface area contributed by atoms with Crippen LogP contribution in [0.5, 0.6) is 0 Å². The predicted molar refractivity (Wildman–Crippen MR) is 260 cm³/mol. The zero-order chi connectivity index (χ0) is 55.5. The summed E-state index contributed by atoms with van der Waals surface area (Å²) in [7, 11) is 0. The molecule has 8 fully saturated rings. The average molecular weight is 1090 g/mol. The van der Waals surface area contributed by atoms with Gasteiger partial charge in [0.2, 0.25) is 0 Å². The van der Waals surface area contributed by atoms with E-state index in [0.29, 0.717) is 19.3 Å². The molecule has 5 aliphatic carbocycles. The molecule has 0 radical (unpaired) electrons. The Morgan fingerprint density at radius 2 is 1.45 bits per heavy atom. The number of fused-ring (bicyclic) bond motifs is 7. The molecule has 432 valence electrons. The number of ether oxygens (including phenoxy) is 9. The highest BCUT2D eigenvalue weighted by Gasteiger charge is 2.72. The van der Waals surface area contributed by atoms with Crippen LogP contribution < -0.4 is 0 Å². The van der Waals surface area contributed by atoms with Crippen molar-refractivity contribution in [2.75, 3.05) is 26.4 Å². The molecule has 22 nitrogen and oxygen atoms in total. The number of carbonyl (C=O) groups excluding carboxylic acids is 2. The van der Waals surface area contributed by atoms with Crippen molar-refractivity contribution in [3.63, 3.8) is 0 Å². The first-order valence-corrected chi connectivity index (χ1v) is 27.4. The van der Waals surface area contributed by atoms with Gasteiger partial charge in [-0.1, -0.05) is 53.2 Å². The lowest BCUT2D eigenvalue weighted by molar-refractivity contribution is -0.387. The highest BCUT2D eigenvalue weighted by molar-refractivity contribution is 5.74. The molecule has 0 aromatic carbocycles. The third-order valence-electron chi connectivity index (χ3n) is 21.0. The predicted octanol–water partition coefficient (Wildman–Crippen LogP) is 0.299. The lowest BCUT2D eigenvalue weighted by Gasteiger charge is -2.71.